The van der Waals surface area contributed by atoms with E-state index in [9.17, 15) is 35.9 Å². The summed E-state index contributed by atoms with van der Waals surface area (Å²) in [4.78, 5) is 24.5. The lowest BCUT2D eigenvalue weighted by Crippen LogP contribution is -2.42. The quantitative estimate of drug-likeness (QED) is 0.620. The van der Waals surface area contributed by atoms with Gasteiger partial charge in [-0.05, 0) is 29.7 Å². The summed E-state index contributed by atoms with van der Waals surface area (Å²) in [5, 5.41) is 4.76. The maximum absolute atomic E-state index is 13.1. The molecule has 2 rings (SSSR count). The van der Waals surface area contributed by atoms with E-state index in [0.29, 0.717) is 0 Å². The molecule has 0 unspecified atom stereocenters. The maximum Gasteiger partial charge on any atom is 0.417 e. The van der Waals surface area contributed by atoms with Gasteiger partial charge in [-0.3, -0.25) is 9.59 Å². The number of hydrogen-bond donors (Lipinski definition) is 2. The van der Waals surface area contributed by atoms with Gasteiger partial charge in [0.1, 0.15) is 0 Å². The van der Waals surface area contributed by atoms with Crippen molar-refractivity contribution in [3.63, 3.8) is 0 Å². The van der Waals surface area contributed by atoms with Crippen molar-refractivity contribution in [1.82, 2.24) is 10.6 Å². The fourth-order valence-electron chi connectivity index (χ4n) is 2.75. The lowest BCUT2D eigenvalue weighted by molar-refractivity contribution is -0.138. The van der Waals surface area contributed by atoms with Crippen LogP contribution in [0.25, 0.3) is 0 Å². The van der Waals surface area contributed by atoms with E-state index >= 15 is 0 Å². The monoisotopic (exact) mass is 446 g/mol. The van der Waals surface area contributed by atoms with Gasteiger partial charge in [-0.2, -0.15) is 26.3 Å². The molecule has 0 spiro atoms. The minimum absolute atomic E-state index is 0.126. The molecule has 2 N–H and O–H groups in total. The molecule has 0 radical (unpaired) electrons. The molecule has 0 aromatic heterocycles. The van der Waals surface area contributed by atoms with E-state index in [4.69, 9.17) is 0 Å². The first-order valence-corrected chi connectivity index (χ1v) is 9.11. The van der Waals surface area contributed by atoms with Crippen molar-refractivity contribution >= 4 is 11.8 Å². The highest BCUT2D eigenvalue weighted by atomic mass is 19.4. The second kappa shape index (κ2) is 8.99. The van der Waals surface area contributed by atoms with Crippen LogP contribution in [0.15, 0.2) is 48.5 Å². The molecule has 2 amide bonds. The van der Waals surface area contributed by atoms with Crippen LogP contribution in [0.1, 0.15) is 45.7 Å². The molecular formula is C21H20F6N2O2. The standard InChI is InChI=1S/C21H20F6N2O2/c1-19(2,11-28-17(30)13-7-3-5-9-15(13)20(22,23)24)12-29-18(31)14-8-4-6-10-16(14)21(25,26)27/h3-10H,11-12H2,1-2H3,(H,28,30)(H,29,31). The largest absolute Gasteiger partial charge is 0.417 e. The SMILES string of the molecule is CC(C)(CNC(=O)c1ccccc1C(F)(F)F)CNC(=O)c1ccccc1C(F)(F)F. The molecule has 168 valence electrons. The Morgan fingerprint density at radius 2 is 1.00 bits per heavy atom. The topological polar surface area (TPSA) is 58.2 Å². The highest BCUT2D eigenvalue weighted by Gasteiger charge is 2.36. The minimum atomic E-state index is -4.71. The molecule has 0 aliphatic carbocycles. The molecule has 0 bridgehead atoms. The summed E-state index contributed by atoms with van der Waals surface area (Å²) in [7, 11) is 0. The summed E-state index contributed by atoms with van der Waals surface area (Å²) in [5.41, 5.74) is -4.11. The molecule has 0 fully saturated rings. The Morgan fingerprint density at radius 3 is 1.32 bits per heavy atom. The second-order valence-electron chi connectivity index (χ2n) is 7.62. The predicted molar refractivity (Wildman–Crippen MR) is 101 cm³/mol. The van der Waals surface area contributed by atoms with Crippen LogP contribution in [0.4, 0.5) is 26.3 Å². The van der Waals surface area contributed by atoms with E-state index in [0.717, 1.165) is 36.4 Å². The lowest BCUT2D eigenvalue weighted by atomic mass is 9.92. The second-order valence-corrected chi connectivity index (χ2v) is 7.62. The molecule has 2 aromatic rings. The number of benzene rings is 2. The van der Waals surface area contributed by atoms with Crippen LogP contribution < -0.4 is 10.6 Å². The van der Waals surface area contributed by atoms with E-state index in [-0.39, 0.29) is 13.1 Å². The molecule has 0 atom stereocenters. The fourth-order valence-corrected chi connectivity index (χ4v) is 2.75. The van der Waals surface area contributed by atoms with Crippen molar-refractivity contribution in [3.05, 3.63) is 70.8 Å². The van der Waals surface area contributed by atoms with Gasteiger partial charge in [0.05, 0.1) is 22.3 Å². The number of carbonyl (C=O) groups is 2. The summed E-state index contributed by atoms with van der Waals surface area (Å²) < 4.78 is 78.4. The van der Waals surface area contributed by atoms with Crippen molar-refractivity contribution in [2.45, 2.75) is 26.2 Å². The number of rotatable bonds is 6. The molecule has 0 saturated carbocycles. The summed E-state index contributed by atoms with van der Waals surface area (Å²) in [6.07, 6.45) is -9.41. The summed E-state index contributed by atoms with van der Waals surface area (Å²) in [6.45, 7) is 2.94. The number of hydrogen-bond acceptors (Lipinski definition) is 2. The number of carbonyl (C=O) groups excluding carboxylic acids is 2. The van der Waals surface area contributed by atoms with Crippen LogP contribution in [-0.2, 0) is 12.4 Å². The van der Waals surface area contributed by atoms with Crippen LogP contribution in [0.2, 0.25) is 0 Å². The van der Waals surface area contributed by atoms with Gasteiger partial charge in [-0.15, -0.1) is 0 Å². The van der Waals surface area contributed by atoms with Gasteiger partial charge < -0.3 is 10.6 Å². The Morgan fingerprint density at radius 1 is 0.677 bits per heavy atom. The van der Waals surface area contributed by atoms with Gasteiger partial charge >= 0.3 is 12.4 Å². The average molecular weight is 446 g/mol. The lowest BCUT2D eigenvalue weighted by Gasteiger charge is -2.26. The van der Waals surface area contributed by atoms with Crippen LogP contribution in [0.5, 0.6) is 0 Å². The zero-order chi connectivity index (χ0) is 23.4. The van der Waals surface area contributed by atoms with Gasteiger partial charge in [0.2, 0.25) is 0 Å². The first kappa shape index (κ1) is 24.2. The Labute approximate surface area is 174 Å². The number of amides is 2. The van der Waals surface area contributed by atoms with Crippen LogP contribution in [0, 0.1) is 5.41 Å². The van der Waals surface area contributed by atoms with Crippen molar-refractivity contribution in [3.8, 4) is 0 Å². The normalized spacial score (nSPS) is 12.4. The summed E-state index contributed by atoms with van der Waals surface area (Å²) in [5.74, 6) is -1.90. The molecule has 0 saturated heterocycles. The Balaban J connectivity index is 2.03. The number of halogens is 6. The van der Waals surface area contributed by atoms with Gasteiger partial charge in [0.15, 0.2) is 0 Å². The van der Waals surface area contributed by atoms with Crippen LogP contribution in [-0.4, -0.2) is 24.9 Å². The summed E-state index contributed by atoms with van der Waals surface area (Å²) in [6, 6.07) is 8.59. The third-order valence-electron chi connectivity index (χ3n) is 4.41. The third kappa shape index (κ3) is 6.47. The highest BCUT2D eigenvalue weighted by molar-refractivity contribution is 5.96. The van der Waals surface area contributed by atoms with E-state index in [1.165, 1.54) is 12.1 Å². The fraction of sp³-hybridized carbons (Fsp3) is 0.333. The average Bonchev–Trinajstić information content (AvgIpc) is 2.69. The Hall–Kier alpha value is -3.04. The molecule has 0 aliphatic rings. The molecule has 0 heterocycles. The van der Waals surface area contributed by atoms with E-state index < -0.39 is 51.8 Å². The van der Waals surface area contributed by atoms with E-state index in [1.54, 1.807) is 13.8 Å². The van der Waals surface area contributed by atoms with Crippen molar-refractivity contribution in [2.75, 3.05) is 13.1 Å². The number of alkyl halides is 6. The Kier molecular flexibility index (Phi) is 7.03. The van der Waals surface area contributed by atoms with Crippen LogP contribution >= 0.6 is 0 Å². The molecule has 2 aromatic carbocycles. The van der Waals surface area contributed by atoms with Gasteiger partial charge in [-0.1, -0.05) is 38.1 Å². The first-order valence-electron chi connectivity index (χ1n) is 9.11. The van der Waals surface area contributed by atoms with Gasteiger partial charge in [-0.25, -0.2) is 0 Å². The van der Waals surface area contributed by atoms with E-state index in [2.05, 4.69) is 10.6 Å². The van der Waals surface area contributed by atoms with Crippen molar-refractivity contribution in [2.24, 2.45) is 5.41 Å². The molecular weight excluding hydrogens is 426 g/mol. The summed E-state index contributed by atoms with van der Waals surface area (Å²) >= 11 is 0. The molecule has 31 heavy (non-hydrogen) atoms. The van der Waals surface area contributed by atoms with Gasteiger partial charge in [0.25, 0.3) is 11.8 Å². The van der Waals surface area contributed by atoms with E-state index in [1.807, 2.05) is 0 Å². The maximum atomic E-state index is 13.1. The van der Waals surface area contributed by atoms with Crippen molar-refractivity contribution < 1.29 is 35.9 Å². The third-order valence-corrected chi connectivity index (χ3v) is 4.41. The first-order chi connectivity index (χ1) is 14.2. The highest BCUT2D eigenvalue weighted by Crippen LogP contribution is 2.33. The van der Waals surface area contributed by atoms with Gasteiger partial charge in [0, 0.05) is 13.1 Å². The predicted octanol–water partition coefficient (Wildman–Crippen LogP) is 4.91. The van der Waals surface area contributed by atoms with Crippen LogP contribution in [0.3, 0.4) is 0 Å². The molecule has 10 heteroatoms. The zero-order valence-corrected chi connectivity index (χ0v) is 16.6. The molecule has 4 nitrogen and oxygen atoms in total. The van der Waals surface area contributed by atoms with Crippen molar-refractivity contribution in [1.29, 1.82) is 0 Å². The Bertz CT molecular complexity index is 876. The molecule has 0 aliphatic heterocycles. The smallest absolute Gasteiger partial charge is 0.351 e. The zero-order valence-electron chi connectivity index (χ0n) is 16.6. The number of nitrogens with one attached hydrogen (secondary N) is 2. The minimum Gasteiger partial charge on any atom is -0.351 e.